The third-order valence-corrected chi connectivity index (χ3v) is 3.22. The number of nitrogen functional groups attached to an aromatic ring is 1. The minimum absolute atomic E-state index is 0.352. The summed E-state index contributed by atoms with van der Waals surface area (Å²) in [4.78, 5) is 4.27. The third-order valence-electron chi connectivity index (χ3n) is 3.22. The number of ether oxygens (including phenoxy) is 1. The van der Waals surface area contributed by atoms with Gasteiger partial charge in [0.15, 0.2) is 5.82 Å². The van der Waals surface area contributed by atoms with Gasteiger partial charge in [0.25, 0.3) is 0 Å². The molecule has 0 amide bonds. The van der Waals surface area contributed by atoms with Crippen LogP contribution >= 0.6 is 0 Å². The van der Waals surface area contributed by atoms with Gasteiger partial charge in [0.05, 0.1) is 7.11 Å². The van der Waals surface area contributed by atoms with Gasteiger partial charge in [0, 0.05) is 18.9 Å². The first-order valence-corrected chi connectivity index (χ1v) is 6.60. The van der Waals surface area contributed by atoms with E-state index in [1.54, 1.807) is 23.9 Å². The summed E-state index contributed by atoms with van der Waals surface area (Å²) in [5.41, 5.74) is 7.56. The van der Waals surface area contributed by atoms with Crippen molar-refractivity contribution in [1.29, 1.82) is 0 Å². The molecule has 21 heavy (non-hydrogen) atoms. The minimum Gasteiger partial charge on any atom is -0.497 e. The van der Waals surface area contributed by atoms with Crippen molar-refractivity contribution >= 4 is 17.4 Å². The van der Waals surface area contributed by atoms with Crippen LogP contribution in [0, 0.1) is 0 Å². The van der Waals surface area contributed by atoms with Crippen molar-refractivity contribution in [2.45, 2.75) is 6.42 Å². The number of nitrogens with zero attached hydrogens (tertiary/aromatic N) is 4. The van der Waals surface area contributed by atoms with Gasteiger partial charge >= 0.3 is 0 Å². The molecule has 1 aromatic carbocycles. The van der Waals surface area contributed by atoms with Crippen molar-refractivity contribution in [3.05, 3.63) is 42.2 Å². The smallest absolute Gasteiger partial charge is 0.226 e. The van der Waals surface area contributed by atoms with Gasteiger partial charge in [-0.1, -0.05) is 12.1 Å². The Labute approximate surface area is 121 Å². The molecule has 0 spiro atoms. The van der Waals surface area contributed by atoms with E-state index in [9.17, 15) is 0 Å². The Hall–Kier alpha value is -2.83. The standard InChI is InChI=1S/C14H16N6O/c1-21-11-4-2-10(3-5-11)6-7-16-12-13-18-19-14(15)20(13)9-8-17-12/h2-5,8-9H,6-7H2,1H3,(H2,15,19)(H,16,17). The fourth-order valence-corrected chi connectivity index (χ4v) is 2.09. The van der Waals surface area contributed by atoms with E-state index in [-0.39, 0.29) is 0 Å². The lowest BCUT2D eigenvalue weighted by Gasteiger charge is -2.07. The molecule has 3 N–H and O–H groups in total. The van der Waals surface area contributed by atoms with Crippen LogP contribution in [0.2, 0.25) is 0 Å². The molecule has 2 aromatic heterocycles. The van der Waals surface area contributed by atoms with Crippen molar-refractivity contribution in [2.75, 3.05) is 24.7 Å². The molecular weight excluding hydrogens is 268 g/mol. The van der Waals surface area contributed by atoms with Gasteiger partial charge in [-0.3, -0.25) is 4.40 Å². The quantitative estimate of drug-likeness (QED) is 0.735. The molecule has 108 valence electrons. The fraction of sp³-hybridized carbons (Fsp3) is 0.214. The van der Waals surface area contributed by atoms with Crippen molar-refractivity contribution < 1.29 is 4.74 Å². The zero-order chi connectivity index (χ0) is 14.7. The molecule has 0 atom stereocenters. The Morgan fingerprint density at radius 3 is 2.81 bits per heavy atom. The molecule has 0 aliphatic heterocycles. The zero-order valence-electron chi connectivity index (χ0n) is 11.7. The highest BCUT2D eigenvalue weighted by atomic mass is 16.5. The van der Waals surface area contributed by atoms with Crippen LogP contribution in [-0.2, 0) is 6.42 Å². The number of methoxy groups -OCH3 is 1. The van der Waals surface area contributed by atoms with Crippen LogP contribution in [0.25, 0.3) is 5.65 Å². The van der Waals surface area contributed by atoms with Gasteiger partial charge in [-0.15, -0.1) is 10.2 Å². The summed E-state index contributed by atoms with van der Waals surface area (Å²) in [6, 6.07) is 7.99. The average Bonchev–Trinajstić information content (AvgIpc) is 2.91. The monoisotopic (exact) mass is 284 g/mol. The third kappa shape index (κ3) is 2.71. The van der Waals surface area contributed by atoms with Crippen molar-refractivity contribution in [2.24, 2.45) is 0 Å². The van der Waals surface area contributed by atoms with E-state index < -0.39 is 0 Å². The lowest BCUT2D eigenvalue weighted by molar-refractivity contribution is 0.414. The summed E-state index contributed by atoms with van der Waals surface area (Å²) in [6.07, 6.45) is 4.28. The number of hydrogen-bond donors (Lipinski definition) is 2. The van der Waals surface area contributed by atoms with E-state index in [2.05, 4.69) is 20.5 Å². The van der Waals surface area contributed by atoms with Crippen LogP contribution in [0.4, 0.5) is 11.8 Å². The molecule has 0 aliphatic carbocycles. The number of aromatic nitrogens is 4. The highest BCUT2D eigenvalue weighted by Gasteiger charge is 2.07. The predicted octanol–water partition coefficient (Wildman–Crippen LogP) is 1.37. The van der Waals surface area contributed by atoms with Crippen LogP contribution in [-0.4, -0.2) is 33.2 Å². The first kappa shape index (κ1) is 13.2. The summed E-state index contributed by atoms with van der Waals surface area (Å²) in [5.74, 6) is 1.89. The van der Waals surface area contributed by atoms with Crippen LogP contribution in [0.15, 0.2) is 36.7 Å². The second kappa shape index (κ2) is 5.66. The van der Waals surface area contributed by atoms with E-state index >= 15 is 0 Å². The molecule has 0 radical (unpaired) electrons. The molecule has 0 saturated carbocycles. The van der Waals surface area contributed by atoms with E-state index in [4.69, 9.17) is 10.5 Å². The summed E-state index contributed by atoms with van der Waals surface area (Å²) in [5, 5.41) is 11.1. The van der Waals surface area contributed by atoms with Gasteiger partial charge in [-0.05, 0) is 24.1 Å². The Balaban J connectivity index is 1.66. The average molecular weight is 284 g/mol. The maximum Gasteiger partial charge on any atom is 0.226 e. The topological polar surface area (TPSA) is 90.4 Å². The number of anilines is 2. The lowest BCUT2D eigenvalue weighted by Crippen LogP contribution is -2.08. The van der Waals surface area contributed by atoms with Gasteiger partial charge in [0.1, 0.15) is 5.75 Å². The first-order valence-electron chi connectivity index (χ1n) is 6.60. The molecular formula is C14H16N6O. The van der Waals surface area contributed by atoms with Crippen molar-refractivity contribution in [1.82, 2.24) is 19.6 Å². The predicted molar refractivity (Wildman–Crippen MR) is 80.4 cm³/mol. The maximum atomic E-state index is 5.71. The normalized spacial score (nSPS) is 10.7. The van der Waals surface area contributed by atoms with E-state index in [0.717, 1.165) is 18.7 Å². The van der Waals surface area contributed by atoms with E-state index in [1.165, 1.54) is 5.56 Å². The van der Waals surface area contributed by atoms with Crippen LogP contribution in [0.5, 0.6) is 5.75 Å². The van der Waals surface area contributed by atoms with Crippen molar-refractivity contribution in [3.63, 3.8) is 0 Å². The maximum absolute atomic E-state index is 5.71. The summed E-state index contributed by atoms with van der Waals surface area (Å²) < 4.78 is 6.84. The number of benzene rings is 1. The summed E-state index contributed by atoms with van der Waals surface area (Å²) in [6.45, 7) is 0.742. The molecule has 2 heterocycles. The van der Waals surface area contributed by atoms with Gasteiger partial charge in [0.2, 0.25) is 11.6 Å². The van der Waals surface area contributed by atoms with E-state index in [0.29, 0.717) is 17.4 Å². The molecule has 0 aliphatic rings. The molecule has 0 saturated heterocycles. The Morgan fingerprint density at radius 1 is 1.24 bits per heavy atom. The Kier molecular flexibility index (Phi) is 3.55. The molecule has 3 rings (SSSR count). The van der Waals surface area contributed by atoms with Gasteiger partial charge in [-0.2, -0.15) is 0 Å². The second-order valence-electron chi connectivity index (χ2n) is 4.55. The van der Waals surface area contributed by atoms with Crippen LogP contribution in [0.1, 0.15) is 5.56 Å². The number of rotatable bonds is 5. The number of nitrogens with one attached hydrogen (secondary N) is 1. The number of hydrogen-bond acceptors (Lipinski definition) is 6. The van der Waals surface area contributed by atoms with E-state index in [1.807, 2.05) is 24.3 Å². The van der Waals surface area contributed by atoms with Crippen LogP contribution in [0.3, 0.4) is 0 Å². The van der Waals surface area contributed by atoms with Gasteiger partial charge < -0.3 is 15.8 Å². The molecule has 0 fully saturated rings. The molecule has 0 unspecified atom stereocenters. The van der Waals surface area contributed by atoms with Crippen molar-refractivity contribution in [3.8, 4) is 5.75 Å². The first-order chi connectivity index (χ1) is 10.3. The highest BCUT2D eigenvalue weighted by Crippen LogP contribution is 2.14. The molecule has 7 nitrogen and oxygen atoms in total. The zero-order valence-corrected chi connectivity index (χ0v) is 11.7. The summed E-state index contributed by atoms with van der Waals surface area (Å²) in [7, 11) is 1.66. The number of nitrogens with two attached hydrogens (primary N) is 1. The number of fused-ring (bicyclic) bond motifs is 1. The fourth-order valence-electron chi connectivity index (χ4n) is 2.09. The molecule has 3 aromatic rings. The van der Waals surface area contributed by atoms with Crippen LogP contribution < -0.4 is 15.8 Å². The SMILES string of the molecule is COc1ccc(CCNc2nccn3c(N)nnc23)cc1. The van der Waals surface area contributed by atoms with Gasteiger partial charge in [-0.25, -0.2) is 4.98 Å². The molecule has 0 bridgehead atoms. The molecule has 7 heteroatoms. The Bertz CT molecular complexity index is 737. The Morgan fingerprint density at radius 2 is 2.05 bits per heavy atom. The second-order valence-corrected chi connectivity index (χ2v) is 4.55. The minimum atomic E-state index is 0.352. The highest BCUT2D eigenvalue weighted by molar-refractivity contribution is 5.63. The largest absolute Gasteiger partial charge is 0.497 e. The summed E-state index contributed by atoms with van der Waals surface area (Å²) >= 11 is 0. The lowest BCUT2D eigenvalue weighted by atomic mass is 10.1.